The van der Waals surface area contributed by atoms with Crippen molar-refractivity contribution in [3.63, 3.8) is 0 Å². The van der Waals surface area contributed by atoms with Crippen molar-refractivity contribution >= 4 is 0 Å². The Balaban J connectivity index is 0.000000640. The predicted molar refractivity (Wildman–Crippen MR) is 35.3 cm³/mol. The van der Waals surface area contributed by atoms with E-state index in [0.717, 1.165) is 0 Å². The minimum Gasteiger partial charge on any atom is -0.339 e. The van der Waals surface area contributed by atoms with Crippen LogP contribution in [0.1, 0.15) is 25.7 Å². The van der Waals surface area contributed by atoms with Crippen LogP contribution >= 0.6 is 0 Å². The van der Waals surface area contributed by atoms with Crippen LogP contribution in [0.2, 0.25) is 0 Å². The van der Waals surface area contributed by atoms with E-state index < -0.39 is 0 Å². The molecular formula is C7H14NY-. The minimum absolute atomic E-state index is 0. The Hall–Kier alpha value is 1.06. The van der Waals surface area contributed by atoms with Gasteiger partial charge in [-0.05, 0) is 12.5 Å². The van der Waals surface area contributed by atoms with Crippen LogP contribution in [0.5, 0.6) is 0 Å². The minimum atomic E-state index is 0. The van der Waals surface area contributed by atoms with E-state index in [2.05, 4.69) is 6.92 Å². The zero-order chi connectivity index (χ0) is 5.98. The summed E-state index contributed by atoms with van der Waals surface area (Å²) in [5.74, 6) is 0.531. The number of hydrogen-bond donors (Lipinski definition) is 1. The molecule has 2 unspecified atom stereocenters. The fraction of sp³-hybridized carbons (Fsp3) is 0.857. The average molecular weight is 201 g/mol. The summed E-state index contributed by atoms with van der Waals surface area (Å²) in [6.07, 6.45) is 5.07. The third-order valence-electron chi connectivity index (χ3n) is 1.97. The Labute approximate surface area is 82.6 Å². The van der Waals surface area contributed by atoms with Crippen molar-refractivity contribution in [2.75, 3.05) is 0 Å². The van der Waals surface area contributed by atoms with Gasteiger partial charge in [0.2, 0.25) is 0 Å². The van der Waals surface area contributed by atoms with Crippen LogP contribution in [0.25, 0.3) is 0 Å². The summed E-state index contributed by atoms with van der Waals surface area (Å²) in [5.41, 5.74) is 5.72. The van der Waals surface area contributed by atoms with Crippen molar-refractivity contribution in [3.8, 4) is 0 Å². The van der Waals surface area contributed by atoms with Crippen LogP contribution in [0.3, 0.4) is 0 Å². The smallest absolute Gasteiger partial charge is 0 e. The average Bonchev–Trinajstić information content (AvgIpc) is 1.77. The molecular weight excluding hydrogens is 187 g/mol. The van der Waals surface area contributed by atoms with Crippen LogP contribution in [0, 0.1) is 12.8 Å². The van der Waals surface area contributed by atoms with Gasteiger partial charge in [0.05, 0.1) is 0 Å². The van der Waals surface area contributed by atoms with Crippen LogP contribution in [-0.2, 0) is 32.7 Å². The molecule has 9 heavy (non-hydrogen) atoms. The van der Waals surface area contributed by atoms with E-state index >= 15 is 0 Å². The third kappa shape index (κ3) is 3.11. The molecule has 2 heteroatoms. The molecule has 0 aromatic heterocycles. The van der Waals surface area contributed by atoms with E-state index in [1.165, 1.54) is 25.7 Å². The van der Waals surface area contributed by atoms with Gasteiger partial charge >= 0.3 is 0 Å². The predicted octanol–water partition coefficient (Wildman–Crippen LogP) is 1.34. The fourth-order valence-electron chi connectivity index (χ4n) is 1.24. The Morgan fingerprint density at radius 2 is 1.78 bits per heavy atom. The molecule has 0 saturated heterocycles. The van der Waals surface area contributed by atoms with Crippen LogP contribution < -0.4 is 5.73 Å². The maximum Gasteiger partial charge on any atom is 0 e. The molecule has 1 nitrogen and oxygen atoms in total. The van der Waals surface area contributed by atoms with E-state index in [0.29, 0.717) is 12.0 Å². The fourth-order valence-corrected chi connectivity index (χ4v) is 1.24. The van der Waals surface area contributed by atoms with Gasteiger partial charge in [-0.1, -0.05) is 19.3 Å². The second kappa shape index (κ2) is 4.81. The van der Waals surface area contributed by atoms with Crippen LogP contribution in [-0.4, -0.2) is 6.04 Å². The van der Waals surface area contributed by atoms with E-state index in [1.807, 2.05) is 0 Å². The molecule has 0 spiro atoms. The maximum atomic E-state index is 5.72. The molecule has 0 aliphatic heterocycles. The largest absolute Gasteiger partial charge is 0.339 e. The zero-order valence-corrected chi connectivity index (χ0v) is 8.68. The molecule has 0 aromatic rings. The molecule has 1 saturated carbocycles. The number of rotatable bonds is 0. The Bertz CT molecular complexity index is 65.3. The van der Waals surface area contributed by atoms with Crippen LogP contribution in [0.4, 0.5) is 0 Å². The van der Waals surface area contributed by atoms with Crippen molar-refractivity contribution in [2.45, 2.75) is 31.7 Å². The summed E-state index contributed by atoms with van der Waals surface area (Å²) >= 11 is 0. The molecule has 0 heterocycles. The van der Waals surface area contributed by atoms with Gasteiger partial charge in [0.1, 0.15) is 0 Å². The van der Waals surface area contributed by atoms with Gasteiger partial charge < -0.3 is 12.7 Å². The molecule has 51 valence electrons. The summed E-state index contributed by atoms with van der Waals surface area (Å²) < 4.78 is 0. The first-order valence-corrected chi connectivity index (χ1v) is 3.39. The molecule has 2 N–H and O–H groups in total. The Morgan fingerprint density at radius 3 is 2.11 bits per heavy atom. The first-order chi connectivity index (χ1) is 3.80. The Morgan fingerprint density at radius 1 is 1.22 bits per heavy atom. The van der Waals surface area contributed by atoms with Gasteiger partial charge in [-0.2, -0.15) is 5.92 Å². The van der Waals surface area contributed by atoms with Gasteiger partial charge in [-0.15, -0.1) is 0 Å². The summed E-state index contributed by atoms with van der Waals surface area (Å²) in [6, 6.07) is 0.392. The SMILES string of the molecule is [CH2-]C1CCCCC1N.[Y]. The molecule has 1 radical (unpaired) electrons. The second-order valence-corrected chi connectivity index (χ2v) is 2.71. The van der Waals surface area contributed by atoms with Crippen molar-refractivity contribution < 1.29 is 32.7 Å². The molecule has 0 aromatic carbocycles. The Kier molecular flexibility index (Phi) is 5.38. The topological polar surface area (TPSA) is 26.0 Å². The third-order valence-corrected chi connectivity index (χ3v) is 1.97. The molecule has 1 rings (SSSR count). The van der Waals surface area contributed by atoms with Gasteiger partial charge in [0, 0.05) is 32.7 Å². The summed E-state index contributed by atoms with van der Waals surface area (Å²) in [6.45, 7) is 3.95. The van der Waals surface area contributed by atoms with E-state index in [-0.39, 0.29) is 32.7 Å². The summed E-state index contributed by atoms with van der Waals surface area (Å²) in [4.78, 5) is 0. The standard InChI is InChI=1S/C7H14N.Y/c1-6-4-2-3-5-7(6)8;/h6-7H,1-5,8H2;/q-1;. The zero-order valence-electron chi connectivity index (χ0n) is 5.84. The van der Waals surface area contributed by atoms with E-state index in [4.69, 9.17) is 5.73 Å². The van der Waals surface area contributed by atoms with E-state index in [1.54, 1.807) is 0 Å². The van der Waals surface area contributed by atoms with Gasteiger partial charge in [-0.3, -0.25) is 0 Å². The van der Waals surface area contributed by atoms with Crippen molar-refractivity contribution in [2.24, 2.45) is 11.7 Å². The molecule has 2 atom stereocenters. The second-order valence-electron chi connectivity index (χ2n) is 2.71. The summed E-state index contributed by atoms with van der Waals surface area (Å²) in [5, 5.41) is 0. The first kappa shape index (κ1) is 10.1. The van der Waals surface area contributed by atoms with Gasteiger partial charge in [0.15, 0.2) is 0 Å². The quantitative estimate of drug-likeness (QED) is 0.588. The number of hydrogen-bond acceptors (Lipinski definition) is 1. The molecule has 0 amide bonds. The first-order valence-electron chi connectivity index (χ1n) is 3.39. The van der Waals surface area contributed by atoms with Gasteiger partial charge in [-0.25, -0.2) is 0 Å². The van der Waals surface area contributed by atoms with Crippen molar-refractivity contribution in [3.05, 3.63) is 6.92 Å². The normalized spacial score (nSPS) is 35.3. The van der Waals surface area contributed by atoms with Crippen molar-refractivity contribution in [1.82, 2.24) is 0 Å². The maximum absolute atomic E-state index is 5.72. The monoisotopic (exact) mass is 201 g/mol. The molecule has 1 fully saturated rings. The van der Waals surface area contributed by atoms with E-state index in [9.17, 15) is 0 Å². The van der Waals surface area contributed by atoms with Crippen molar-refractivity contribution in [1.29, 1.82) is 0 Å². The van der Waals surface area contributed by atoms with Crippen LogP contribution in [0.15, 0.2) is 0 Å². The molecule has 0 bridgehead atoms. The molecule has 1 aliphatic carbocycles. The number of nitrogens with two attached hydrogens (primary N) is 1. The van der Waals surface area contributed by atoms with Gasteiger partial charge in [0.25, 0.3) is 0 Å². The molecule has 1 aliphatic rings. The summed E-state index contributed by atoms with van der Waals surface area (Å²) in [7, 11) is 0.